The maximum absolute atomic E-state index is 11.6. The third-order valence-electron chi connectivity index (χ3n) is 3.69. The zero-order valence-corrected chi connectivity index (χ0v) is 13.0. The van der Waals surface area contributed by atoms with E-state index in [0.29, 0.717) is 23.3 Å². The van der Waals surface area contributed by atoms with Crippen LogP contribution in [0, 0.1) is 11.8 Å². The summed E-state index contributed by atoms with van der Waals surface area (Å²) in [4.78, 5) is 4.33. The molecule has 108 valence electrons. The van der Waals surface area contributed by atoms with E-state index in [0.717, 1.165) is 37.4 Å². The quantitative estimate of drug-likeness (QED) is 0.779. The van der Waals surface area contributed by atoms with Crippen molar-refractivity contribution in [3.63, 3.8) is 0 Å². The monoisotopic (exact) mass is 302 g/mol. The fraction of sp³-hybridized carbons (Fsp3) is 0.769. The first-order valence-electron chi connectivity index (χ1n) is 6.90. The van der Waals surface area contributed by atoms with Gasteiger partial charge in [-0.1, -0.05) is 6.92 Å². The number of thiazole rings is 1. The zero-order valence-electron chi connectivity index (χ0n) is 11.3. The van der Waals surface area contributed by atoms with Crippen LogP contribution in [-0.4, -0.2) is 38.0 Å². The van der Waals surface area contributed by atoms with Gasteiger partial charge in [0.15, 0.2) is 9.84 Å². The first-order chi connectivity index (χ1) is 9.11. The lowest BCUT2D eigenvalue weighted by molar-refractivity contribution is 0.343. The van der Waals surface area contributed by atoms with Crippen LogP contribution in [0.15, 0.2) is 11.6 Å². The molecule has 1 aromatic rings. The van der Waals surface area contributed by atoms with Gasteiger partial charge in [-0.15, -0.1) is 11.3 Å². The number of hydrogen-bond donors (Lipinski definition) is 1. The van der Waals surface area contributed by atoms with Crippen molar-refractivity contribution in [3.8, 4) is 0 Å². The SMILES string of the molecule is CCCNCC(Cc1nccs1)C1CCS(=O)(=O)C1. The summed E-state index contributed by atoms with van der Waals surface area (Å²) < 4.78 is 23.3. The van der Waals surface area contributed by atoms with Crippen LogP contribution in [0.2, 0.25) is 0 Å². The van der Waals surface area contributed by atoms with Gasteiger partial charge in [0.25, 0.3) is 0 Å². The molecule has 1 aliphatic heterocycles. The molecule has 1 N–H and O–H groups in total. The van der Waals surface area contributed by atoms with Gasteiger partial charge in [-0.25, -0.2) is 13.4 Å². The minimum absolute atomic E-state index is 0.290. The summed E-state index contributed by atoms with van der Waals surface area (Å²) in [6.45, 7) is 4.03. The van der Waals surface area contributed by atoms with Crippen molar-refractivity contribution in [1.82, 2.24) is 10.3 Å². The van der Waals surface area contributed by atoms with E-state index in [2.05, 4.69) is 17.2 Å². The Kier molecular flexibility index (Phi) is 5.36. The van der Waals surface area contributed by atoms with Crippen LogP contribution < -0.4 is 5.32 Å². The fourth-order valence-corrected chi connectivity index (χ4v) is 5.27. The highest BCUT2D eigenvalue weighted by atomic mass is 32.2. The minimum atomic E-state index is -2.79. The Morgan fingerprint density at radius 1 is 1.58 bits per heavy atom. The Morgan fingerprint density at radius 3 is 3.00 bits per heavy atom. The van der Waals surface area contributed by atoms with E-state index < -0.39 is 9.84 Å². The molecule has 6 heteroatoms. The molecule has 1 aliphatic rings. The summed E-state index contributed by atoms with van der Waals surface area (Å²) in [7, 11) is -2.79. The minimum Gasteiger partial charge on any atom is -0.316 e. The normalized spacial score (nSPS) is 23.5. The average Bonchev–Trinajstić information content (AvgIpc) is 2.97. The Bertz CT molecular complexity index is 471. The molecule has 2 atom stereocenters. The lowest BCUT2D eigenvalue weighted by Gasteiger charge is -2.22. The molecule has 4 nitrogen and oxygen atoms in total. The summed E-state index contributed by atoms with van der Waals surface area (Å²) in [6, 6.07) is 0. The number of aromatic nitrogens is 1. The molecule has 2 heterocycles. The van der Waals surface area contributed by atoms with Crippen LogP contribution in [0.25, 0.3) is 0 Å². The predicted octanol–water partition coefficient (Wildman–Crippen LogP) is 1.74. The molecule has 0 bridgehead atoms. The summed E-state index contributed by atoms with van der Waals surface area (Å²) >= 11 is 1.66. The second-order valence-electron chi connectivity index (χ2n) is 5.26. The fourth-order valence-electron chi connectivity index (χ4n) is 2.64. The molecule has 1 saturated heterocycles. The van der Waals surface area contributed by atoms with E-state index in [4.69, 9.17) is 0 Å². The van der Waals surface area contributed by atoms with Crippen LogP contribution in [0.5, 0.6) is 0 Å². The lowest BCUT2D eigenvalue weighted by Crippen LogP contribution is -2.31. The zero-order chi connectivity index (χ0) is 13.7. The second kappa shape index (κ2) is 6.81. The van der Waals surface area contributed by atoms with Gasteiger partial charge in [-0.3, -0.25) is 0 Å². The Labute approximate surface area is 119 Å². The van der Waals surface area contributed by atoms with E-state index in [1.54, 1.807) is 11.3 Å². The topological polar surface area (TPSA) is 59.1 Å². The first kappa shape index (κ1) is 14.9. The molecule has 0 radical (unpaired) electrons. The van der Waals surface area contributed by atoms with Crippen molar-refractivity contribution in [3.05, 3.63) is 16.6 Å². The largest absolute Gasteiger partial charge is 0.316 e. The van der Waals surface area contributed by atoms with Gasteiger partial charge < -0.3 is 5.32 Å². The van der Waals surface area contributed by atoms with Crippen molar-refractivity contribution >= 4 is 21.2 Å². The van der Waals surface area contributed by atoms with Gasteiger partial charge in [0, 0.05) is 18.0 Å². The molecular weight excluding hydrogens is 280 g/mol. The lowest BCUT2D eigenvalue weighted by atomic mass is 9.89. The molecule has 19 heavy (non-hydrogen) atoms. The summed E-state index contributed by atoms with van der Waals surface area (Å²) in [5, 5.41) is 6.54. The van der Waals surface area contributed by atoms with Gasteiger partial charge in [-0.2, -0.15) is 0 Å². The van der Waals surface area contributed by atoms with E-state index >= 15 is 0 Å². The summed E-state index contributed by atoms with van der Waals surface area (Å²) in [6.07, 6.45) is 4.63. The summed E-state index contributed by atoms with van der Waals surface area (Å²) in [5.74, 6) is 1.39. The Hall–Kier alpha value is -0.460. The molecule has 0 aromatic carbocycles. The predicted molar refractivity (Wildman–Crippen MR) is 79.2 cm³/mol. The van der Waals surface area contributed by atoms with Gasteiger partial charge in [-0.05, 0) is 37.8 Å². The van der Waals surface area contributed by atoms with Gasteiger partial charge in [0.1, 0.15) is 0 Å². The van der Waals surface area contributed by atoms with Gasteiger partial charge in [0.05, 0.1) is 16.5 Å². The van der Waals surface area contributed by atoms with E-state index in [9.17, 15) is 8.42 Å². The van der Waals surface area contributed by atoms with Crippen molar-refractivity contribution in [2.75, 3.05) is 24.6 Å². The molecule has 1 aromatic heterocycles. The number of hydrogen-bond acceptors (Lipinski definition) is 5. The van der Waals surface area contributed by atoms with Gasteiger partial charge in [0.2, 0.25) is 0 Å². The van der Waals surface area contributed by atoms with Crippen molar-refractivity contribution in [2.45, 2.75) is 26.2 Å². The van der Waals surface area contributed by atoms with Gasteiger partial charge >= 0.3 is 0 Å². The van der Waals surface area contributed by atoms with E-state index in [1.807, 2.05) is 11.6 Å². The van der Waals surface area contributed by atoms with Crippen molar-refractivity contribution in [1.29, 1.82) is 0 Å². The highest BCUT2D eigenvalue weighted by Crippen LogP contribution is 2.28. The van der Waals surface area contributed by atoms with Crippen LogP contribution in [0.4, 0.5) is 0 Å². The van der Waals surface area contributed by atoms with Crippen LogP contribution >= 0.6 is 11.3 Å². The maximum atomic E-state index is 11.6. The molecular formula is C13H22N2O2S2. The van der Waals surface area contributed by atoms with Crippen molar-refractivity contribution < 1.29 is 8.42 Å². The molecule has 0 aliphatic carbocycles. The Morgan fingerprint density at radius 2 is 2.42 bits per heavy atom. The molecule has 0 saturated carbocycles. The smallest absolute Gasteiger partial charge is 0.150 e. The molecule has 0 amide bonds. The third kappa shape index (κ3) is 4.54. The molecule has 1 fully saturated rings. The van der Waals surface area contributed by atoms with Crippen LogP contribution in [0.3, 0.4) is 0 Å². The van der Waals surface area contributed by atoms with Crippen LogP contribution in [0.1, 0.15) is 24.8 Å². The molecule has 2 unspecified atom stereocenters. The highest BCUT2D eigenvalue weighted by molar-refractivity contribution is 7.91. The van der Waals surface area contributed by atoms with E-state index in [1.165, 1.54) is 0 Å². The van der Waals surface area contributed by atoms with Crippen LogP contribution in [-0.2, 0) is 16.3 Å². The second-order valence-corrected chi connectivity index (χ2v) is 8.47. The Balaban J connectivity index is 1.97. The number of nitrogens with zero attached hydrogens (tertiary/aromatic N) is 1. The van der Waals surface area contributed by atoms with E-state index in [-0.39, 0.29) is 0 Å². The third-order valence-corrected chi connectivity index (χ3v) is 6.28. The average molecular weight is 302 g/mol. The number of rotatable bonds is 7. The maximum Gasteiger partial charge on any atom is 0.150 e. The molecule has 0 spiro atoms. The summed E-state index contributed by atoms with van der Waals surface area (Å²) in [5.41, 5.74) is 0. The highest BCUT2D eigenvalue weighted by Gasteiger charge is 2.33. The molecule has 2 rings (SSSR count). The first-order valence-corrected chi connectivity index (χ1v) is 9.60. The van der Waals surface area contributed by atoms with Crippen molar-refractivity contribution in [2.24, 2.45) is 11.8 Å². The number of nitrogens with one attached hydrogen (secondary N) is 1. The number of sulfone groups is 1. The standard InChI is InChI=1S/C13H22N2O2S2/c1-2-4-14-9-12(8-13-15-5-6-18-13)11-3-7-19(16,17)10-11/h5-6,11-12,14H,2-4,7-10H2,1H3.